The van der Waals surface area contributed by atoms with Crippen LogP contribution in [0.25, 0.3) is 0 Å². The maximum absolute atomic E-state index is 12.2. The lowest BCUT2D eigenvalue weighted by atomic mass is 9.83. The number of hydrogen-bond donors (Lipinski definition) is 3. The van der Waals surface area contributed by atoms with Crippen LogP contribution in [0.1, 0.15) is 84.4 Å². The lowest BCUT2D eigenvalue weighted by Gasteiger charge is -2.18. The first kappa shape index (κ1) is 36.9. The summed E-state index contributed by atoms with van der Waals surface area (Å²) in [7, 11) is 0. The van der Waals surface area contributed by atoms with E-state index < -0.39 is 17.3 Å². The van der Waals surface area contributed by atoms with E-state index in [2.05, 4.69) is 0 Å². The zero-order valence-electron chi connectivity index (χ0n) is 28.4. The maximum Gasteiger partial charge on any atom is 0.198 e. The van der Waals surface area contributed by atoms with Gasteiger partial charge < -0.3 is 15.3 Å². The number of ketones is 8. The lowest BCUT2D eigenvalue weighted by Crippen LogP contribution is -2.20. The Hall–Kier alpha value is -7.92. The number of benzene rings is 5. The van der Waals surface area contributed by atoms with E-state index in [1.165, 1.54) is 66.8 Å². The summed E-state index contributed by atoms with van der Waals surface area (Å²) in [5.74, 6) is -2.80. The number of carbonyl (C=O) groups is 8. The van der Waals surface area contributed by atoms with Crippen molar-refractivity contribution in [1.82, 2.24) is 0 Å². The van der Waals surface area contributed by atoms with E-state index >= 15 is 0 Å². The minimum Gasteiger partial charge on any atom is -0.507 e. The van der Waals surface area contributed by atoms with Gasteiger partial charge in [-0.05, 0) is 54.7 Å². The number of phenols is 3. The third kappa shape index (κ3) is 7.26. The lowest BCUT2D eigenvalue weighted by molar-refractivity contribution is -0.113. The Balaban J connectivity index is 0.000000129. The van der Waals surface area contributed by atoms with Crippen molar-refractivity contribution in [2.24, 2.45) is 0 Å². The van der Waals surface area contributed by atoms with Crippen LogP contribution < -0.4 is 0 Å². The molecule has 0 aliphatic heterocycles. The maximum atomic E-state index is 12.2. The highest BCUT2D eigenvalue weighted by Crippen LogP contribution is 2.37. The van der Waals surface area contributed by atoms with E-state index in [4.69, 9.17) is 0 Å². The second-order valence-corrected chi connectivity index (χ2v) is 12.0. The smallest absolute Gasteiger partial charge is 0.198 e. The Morgan fingerprint density at radius 1 is 0.291 bits per heavy atom. The number of aromatic hydroxyl groups is 3. The molecule has 5 aromatic rings. The van der Waals surface area contributed by atoms with Gasteiger partial charge in [0.15, 0.2) is 57.8 Å². The van der Waals surface area contributed by atoms with Gasteiger partial charge in [-0.15, -0.1) is 0 Å². The van der Waals surface area contributed by atoms with Gasteiger partial charge in [-0.25, -0.2) is 0 Å². The summed E-state index contributed by atoms with van der Waals surface area (Å²) >= 11 is 0. The summed E-state index contributed by atoms with van der Waals surface area (Å²) in [5, 5.41) is 28.5. The molecule has 0 unspecified atom stereocenters. The molecule has 3 N–H and O–H groups in total. The van der Waals surface area contributed by atoms with Crippen molar-refractivity contribution in [3.05, 3.63) is 195 Å². The van der Waals surface area contributed by atoms with Gasteiger partial charge in [0.1, 0.15) is 5.75 Å². The highest BCUT2D eigenvalue weighted by atomic mass is 16.3. The molecule has 0 atom stereocenters. The highest BCUT2D eigenvalue weighted by molar-refractivity contribution is 6.30. The van der Waals surface area contributed by atoms with Crippen molar-refractivity contribution < 1.29 is 53.7 Å². The molecule has 4 aliphatic rings. The van der Waals surface area contributed by atoms with Gasteiger partial charge in [-0.2, -0.15) is 0 Å². The normalized spacial score (nSPS) is 14.1. The Labute approximate surface area is 311 Å². The molecule has 0 fully saturated rings. The van der Waals surface area contributed by atoms with Crippen LogP contribution in [0.3, 0.4) is 0 Å². The van der Waals surface area contributed by atoms with Gasteiger partial charge in [0.25, 0.3) is 0 Å². The first-order chi connectivity index (χ1) is 26.4. The summed E-state index contributed by atoms with van der Waals surface area (Å²) in [6.45, 7) is 0. The Morgan fingerprint density at radius 2 is 0.673 bits per heavy atom. The number of allylic oxidation sites excluding steroid dienone is 6. The SMILES string of the molecule is O=C1C=CC(=O)C=C1.O=C1C=CC(=O)c2c(O)cccc21.O=C1c2ccccc2C(=O)c2c1ccc(O)c2O.O=C1c2ccccc2C(=O)c2ccccc21. The first-order valence-corrected chi connectivity index (χ1v) is 16.4. The van der Waals surface area contributed by atoms with Crippen LogP contribution in [-0.2, 0) is 9.59 Å². The number of fused-ring (bicyclic) bond motifs is 5. The fourth-order valence-electron chi connectivity index (χ4n) is 5.98. The van der Waals surface area contributed by atoms with Gasteiger partial charge in [-0.3, -0.25) is 38.4 Å². The Bertz CT molecular complexity index is 2480. The molecule has 11 heteroatoms. The second kappa shape index (κ2) is 15.4. The van der Waals surface area contributed by atoms with Crippen molar-refractivity contribution in [3.63, 3.8) is 0 Å². The van der Waals surface area contributed by atoms with E-state index in [0.29, 0.717) is 27.8 Å². The summed E-state index contributed by atoms with van der Waals surface area (Å²) < 4.78 is 0. The summed E-state index contributed by atoms with van der Waals surface area (Å²) in [4.78, 5) is 91.6. The number of hydrogen-bond acceptors (Lipinski definition) is 11. The Kier molecular flexibility index (Phi) is 10.3. The highest BCUT2D eigenvalue weighted by Gasteiger charge is 2.33. The summed E-state index contributed by atoms with van der Waals surface area (Å²) in [5.41, 5.74) is 2.96. The fraction of sp³-hybridized carbons (Fsp3) is 0. The molecular weight excluding hydrogens is 704 g/mol. The van der Waals surface area contributed by atoms with Gasteiger partial charge in [0, 0.05) is 44.5 Å². The van der Waals surface area contributed by atoms with Crippen molar-refractivity contribution in [3.8, 4) is 17.2 Å². The molecule has 268 valence electrons. The molecular formula is C44H26O11. The molecule has 0 saturated carbocycles. The van der Waals surface area contributed by atoms with Crippen LogP contribution in [0.4, 0.5) is 0 Å². The van der Waals surface area contributed by atoms with Crippen LogP contribution in [0.2, 0.25) is 0 Å². The van der Waals surface area contributed by atoms with Crippen molar-refractivity contribution in [2.75, 3.05) is 0 Å². The van der Waals surface area contributed by atoms with E-state index in [9.17, 15) is 53.7 Å². The van der Waals surface area contributed by atoms with Crippen LogP contribution >= 0.6 is 0 Å². The molecule has 0 bridgehead atoms. The van der Waals surface area contributed by atoms with Crippen LogP contribution in [0, 0.1) is 0 Å². The molecule has 0 radical (unpaired) electrons. The van der Waals surface area contributed by atoms with Crippen LogP contribution in [-0.4, -0.2) is 61.6 Å². The fourth-order valence-corrected chi connectivity index (χ4v) is 5.98. The molecule has 0 amide bonds. The molecule has 0 saturated heterocycles. The monoisotopic (exact) mass is 730 g/mol. The molecule has 0 spiro atoms. The van der Waals surface area contributed by atoms with E-state index in [1.54, 1.807) is 72.8 Å². The zero-order valence-corrected chi connectivity index (χ0v) is 28.4. The standard InChI is InChI=1S/C14H8O4.C14H8O2.C10H6O3.C6H4O2/c15-10-6-5-9-11(14(10)18)13(17)8-4-2-1-3-7(8)12(9)16;15-13-9-5-1-2-6-10(9)14(16)12-8-4-3-7-11(12)13;11-7-4-5-9(13)10-6(7)2-1-3-8(10)12;7-5-1-2-6(8)4-3-5/h1-6,15,18H;1-8H;1-5,12H;1-4H. The molecule has 4 aliphatic carbocycles. The minimum atomic E-state index is -0.541. The largest absolute Gasteiger partial charge is 0.507 e. The summed E-state index contributed by atoms with van der Waals surface area (Å²) in [6.07, 6.45) is 7.39. The van der Waals surface area contributed by atoms with E-state index in [0.717, 1.165) is 0 Å². The van der Waals surface area contributed by atoms with Crippen LogP contribution in [0.15, 0.2) is 140 Å². The molecule has 0 heterocycles. The van der Waals surface area contributed by atoms with E-state index in [-0.39, 0.29) is 74.0 Å². The first-order valence-electron chi connectivity index (χ1n) is 16.4. The van der Waals surface area contributed by atoms with Crippen molar-refractivity contribution >= 4 is 46.3 Å². The molecule has 11 nitrogen and oxygen atoms in total. The average molecular weight is 731 g/mol. The van der Waals surface area contributed by atoms with Crippen molar-refractivity contribution in [2.45, 2.75) is 0 Å². The zero-order chi connectivity index (χ0) is 39.4. The second-order valence-electron chi connectivity index (χ2n) is 12.0. The molecule has 55 heavy (non-hydrogen) atoms. The molecule has 9 rings (SSSR count). The number of phenolic OH excluding ortho intramolecular Hbond substituents is 3. The predicted octanol–water partition coefficient (Wildman–Crippen LogP) is 5.91. The van der Waals surface area contributed by atoms with Crippen LogP contribution in [0.5, 0.6) is 17.2 Å². The number of rotatable bonds is 0. The topological polar surface area (TPSA) is 197 Å². The summed E-state index contributed by atoms with van der Waals surface area (Å²) in [6, 6.07) is 27.3. The average Bonchev–Trinajstić information content (AvgIpc) is 3.20. The Morgan fingerprint density at radius 3 is 1.11 bits per heavy atom. The van der Waals surface area contributed by atoms with Gasteiger partial charge in [-0.1, -0.05) is 84.9 Å². The predicted molar refractivity (Wildman–Crippen MR) is 197 cm³/mol. The van der Waals surface area contributed by atoms with Gasteiger partial charge >= 0.3 is 0 Å². The third-order valence-corrected chi connectivity index (χ3v) is 8.64. The molecule has 0 aromatic heterocycles. The van der Waals surface area contributed by atoms with E-state index in [1.807, 2.05) is 0 Å². The molecule has 5 aromatic carbocycles. The third-order valence-electron chi connectivity index (χ3n) is 8.64. The minimum absolute atomic E-state index is 0.0641. The van der Waals surface area contributed by atoms with Gasteiger partial charge in [0.05, 0.1) is 11.1 Å². The van der Waals surface area contributed by atoms with Gasteiger partial charge in [0.2, 0.25) is 0 Å². The number of carbonyl (C=O) groups excluding carboxylic acids is 8. The quantitative estimate of drug-likeness (QED) is 0.124. The van der Waals surface area contributed by atoms with Crippen molar-refractivity contribution in [1.29, 1.82) is 0 Å².